The van der Waals surface area contributed by atoms with Gasteiger partial charge in [0.15, 0.2) is 0 Å². The molecule has 1 rings (SSSR count). The van der Waals surface area contributed by atoms with Gasteiger partial charge in [-0.1, -0.05) is 5.11 Å². The van der Waals surface area contributed by atoms with Crippen LogP contribution in [0.3, 0.4) is 0 Å². The first-order chi connectivity index (χ1) is 7.56. The lowest BCUT2D eigenvalue weighted by Crippen LogP contribution is -2.27. The van der Waals surface area contributed by atoms with Crippen molar-refractivity contribution in [2.75, 3.05) is 6.54 Å². The largest absolute Gasteiger partial charge is 0.390 e. The number of pyridine rings is 1. The Labute approximate surface area is 91.0 Å². The van der Waals surface area contributed by atoms with Crippen molar-refractivity contribution >= 4 is 0 Å². The molecule has 16 heavy (non-hydrogen) atoms. The van der Waals surface area contributed by atoms with Gasteiger partial charge in [-0.3, -0.25) is 4.79 Å². The molecule has 1 aromatic heterocycles. The van der Waals surface area contributed by atoms with E-state index in [2.05, 4.69) is 15.0 Å². The number of nitrogens with one attached hydrogen (secondary N) is 1. The highest BCUT2D eigenvalue weighted by Crippen LogP contribution is 2.14. The summed E-state index contributed by atoms with van der Waals surface area (Å²) in [7, 11) is 0. The molecule has 86 valence electrons. The van der Waals surface area contributed by atoms with E-state index < -0.39 is 17.8 Å². The number of aromatic nitrogens is 1. The fourth-order valence-corrected chi connectivity index (χ4v) is 1.26. The molecule has 2 atom stereocenters. The summed E-state index contributed by atoms with van der Waals surface area (Å²) < 4.78 is 0. The molecule has 0 aromatic carbocycles. The maximum absolute atomic E-state index is 11.4. The summed E-state index contributed by atoms with van der Waals surface area (Å²) in [4.78, 5) is 16.3. The van der Waals surface area contributed by atoms with E-state index in [1.54, 1.807) is 6.92 Å². The molecule has 0 amide bonds. The number of azide groups is 1. The highest BCUT2D eigenvalue weighted by Gasteiger charge is 2.20. The predicted molar refractivity (Wildman–Crippen MR) is 56.8 cm³/mol. The van der Waals surface area contributed by atoms with E-state index in [0.717, 1.165) is 5.56 Å². The van der Waals surface area contributed by atoms with Gasteiger partial charge in [0.1, 0.15) is 6.10 Å². The van der Waals surface area contributed by atoms with E-state index >= 15 is 0 Å². The normalized spacial score (nSPS) is 13.9. The average molecular weight is 224 g/mol. The summed E-state index contributed by atoms with van der Waals surface area (Å²) in [6, 6.07) is 1.48. The molecule has 0 bridgehead atoms. The van der Waals surface area contributed by atoms with Gasteiger partial charge in [-0.15, -0.1) is 0 Å². The Morgan fingerprint density at radius 2 is 2.31 bits per heavy atom. The number of hydrogen-bond donors (Lipinski definition) is 3. The van der Waals surface area contributed by atoms with Crippen LogP contribution in [-0.2, 0) is 0 Å². The molecule has 0 saturated carbocycles. The number of H-pyrrole nitrogens is 1. The predicted octanol–water partition coefficient (Wildman–Crippen LogP) is 0.388. The van der Waals surface area contributed by atoms with E-state index in [1.807, 2.05) is 0 Å². The Kier molecular flexibility index (Phi) is 4.07. The summed E-state index contributed by atoms with van der Waals surface area (Å²) in [6.45, 7) is 1.46. The summed E-state index contributed by atoms with van der Waals surface area (Å²) in [5, 5.41) is 22.2. The minimum Gasteiger partial charge on any atom is -0.390 e. The van der Waals surface area contributed by atoms with Gasteiger partial charge < -0.3 is 15.2 Å². The SMILES string of the molecule is Cc1c[nH]c(=O)c(C(O)C(O)CN=[N+]=[N-])c1. The molecular formula is C9H12N4O3. The molecule has 0 aliphatic heterocycles. The van der Waals surface area contributed by atoms with Crippen LogP contribution in [0.15, 0.2) is 22.2 Å². The lowest BCUT2D eigenvalue weighted by atomic mass is 10.1. The first kappa shape index (κ1) is 12.3. The lowest BCUT2D eigenvalue weighted by molar-refractivity contribution is 0.0235. The van der Waals surface area contributed by atoms with E-state index in [-0.39, 0.29) is 12.1 Å². The molecule has 7 nitrogen and oxygen atoms in total. The monoisotopic (exact) mass is 224 g/mol. The molecule has 1 heterocycles. The van der Waals surface area contributed by atoms with Crippen molar-refractivity contribution in [1.29, 1.82) is 0 Å². The third kappa shape index (κ3) is 2.83. The van der Waals surface area contributed by atoms with Crippen LogP contribution in [0.2, 0.25) is 0 Å². The Hall–Kier alpha value is -1.82. The van der Waals surface area contributed by atoms with Crippen LogP contribution >= 0.6 is 0 Å². The maximum atomic E-state index is 11.4. The van der Waals surface area contributed by atoms with Crippen LogP contribution < -0.4 is 5.56 Å². The molecule has 3 N–H and O–H groups in total. The zero-order valence-corrected chi connectivity index (χ0v) is 8.66. The van der Waals surface area contributed by atoms with Crippen LogP contribution in [0.25, 0.3) is 10.4 Å². The van der Waals surface area contributed by atoms with Gasteiger partial charge in [0.25, 0.3) is 5.56 Å². The van der Waals surface area contributed by atoms with Gasteiger partial charge in [0.2, 0.25) is 0 Å². The highest BCUT2D eigenvalue weighted by atomic mass is 16.3. The van der Waals surface area contributed by atoms with Crippen molar-refractivity contribution in [2.45, 2.75) is 19.1 Å². The van der Waals surface area contributed by atoms with Crippen LogP contribution in [0, 0.1) is 6.92 Å². The van der Waals surface area contributed by atoms with Crippen molar-refractivity contribution in [3.05, 3.63) is 44.2 Å². The van der Waals surface area contributed by atoms with E-state index in [4.69, 9.17) is 5.53 Å². The summed E-state index contributed by atoms with van der Waals surface area (Å²) in [5.74, 6) is 0. The molecule has 2 unspecified atom stereocenters. The minimum absolute atomic E-state index is 0.0561. The second kappa shape index (κ2) is 5.32. The van der Waals surface area contributed by atoms with Gasteiger partial charge in [-0.25, -0.2) is 0 Å². The zero-order chi connectivity index (χ0) is 12.1. The van der Waals surface area contributed by atoms with Crippen molar-refractivity contribution in [1.82, 2.24) is 4.98 Å². The first-order valence-corrected chi connectivity index (χ1v) is 4.62. The topological polar surface area (TPSA) is 122 Å². The molecule has 7 heteroatoms. The van der Waals surface area contributed by atoms with Crippen molar-refractivity contribution < 1.29 is 10.2 Å². The number of aryl methyl sites for hydroxylation is 1. The van der Waals surface area contributed by atoms with E-state index in [9.17, 15) is 15.0 Å². The smallest absolute Gasteiger partial charge is 0.253 e. The molecular weight excluding hydrogens is 212 g/mol. The Balaban J connectivity index is 2.94. The Morgan fingerprint density at radius 3 is 2.94 bits per heavy atom. The lowest BCUT2D eigenvalue weighted by Gasteiger charge is -2.15. The third-order valence-corrected chi connectivity index (χ3v) is 2.09. The van der Waals surface area contributed by atoms with Gasteiger partial charge >= 0.3 is 0 Å². The number of aliphatic hydroxyl groups excluding tert-OH is 2. The highest BCUT2D eigenvalue weighted by molar-refractivity contribution is 5.20. The van der Waals surface area contributed by atoms with Gasteiger partial charge in [-0.05, 0) is 24.1 Å². The fourth-order valence-electron chi connectivity index (χ4n) is 1.26. The molecule has 0 fully saturated rings. The number of hydrogen-bond acceptors (Lipinski definition) is 4. The number of rotatable bonds is 4. The van der Waals surface area contributed by atoms with Crippen molar-refractivity contribution in [3.8, 4) is 0 Å². The molecule has 0 saturated heterocycles. The van der Waals surface area contributed by atoms with Crippen molar-refractivity contribution in [3.63, 3.8) is 0 Å². The van der Waals surface area contributed by atoms with Crippen LogP contribution in [-0.4, -0.2) is 27.8 Å². The number of aromatic amines is 1. The van der Waals surface area contributed by atoms with Gasteiger partial charge in [0, 0.05) is 16.7 Å². The molecule has 0 aliphatic rings. The summed E-state index contributed by atoms with van der Waals surface area (Å²) >= 11 is 0. The molecule has 0 aliphatic carbocycles. The molecule has 0 radical (unpaired) electrons. The van der Waals surface area contributed by atoms with E-state index in [0.29, 0.717) is 0 Å². The van der Waals surface area contributed by atoms with Crippen LogP contribution in [0.4, 0.5) is 0 Å². The summed E-state index contributed by atoms with van der Waals surface area (Å²) in [5.41, 5.74) is 8.40. The average Bonchev–Trinajstić information content (AvgIpc) is 2.28. The van der Waals surface area contributed by atoms with Gasteiger partial charge in [0.05, 0.1) is 12.6 Å². The Morgan fingerprint density at radius 1 is 1.62 bits per heavy atom. The second-order valence-electron chi connectivity index (χ2n) is 3.39. The molecule has 1 aromatic rings. The number of aliphatic hydroxyl groups is 2. The van der Waals surface area contributed by atoms with E-state index in [1.165, 1.54) is 12.3 Å². The van der Waals surface area contributed by atoms with Crippen LogP contribution in [0.5, 0.6) is 0 Å². The third-order valence-electron chi connectivity index (χ3n) is 2.09. The van der Waals surface area contributed by atoms with Gasteiger partial charge in [-0.2, -0.15) is 0 Å². The summed E-state index contributed by atoms with van der Waals surface area (Å²) in [6.07, 6.45) is -1.16. The maximum Gasteiger partial charge on any atom is 0.253 e. The molecule has 0 spiro atoms. The fraction of sp³-hybridized carbons (Fsp3) is 0.444. The van der Waals surface area contributed by atoms with Crippen molar-refractivity contribution in [2.24, 2.45) is 5.11 Å². The standard InChI is InChI=1S/C9H12N4O3/c1-5-2-6(9(16)11-3-5)8(15)7(14)4-12-13-10/h2-3,7-8,14-15H,4H2,1H3,(H,11,16). The minimum atomic E-state index is -1.37. The second-order valence-corrected chi connectivity index (χ2v) is 3.39. The van der Waals surface area contributed by atoms with Crippen LogP contribution in [0.1, 0.15) is 17.2 Å². The number of nitrogens with zero attached hydrogens (tertiary/aromatic N) is 3. The quantitative estimate of drug-likeness (QED) is 0.389. The Bertz CT molecular complexity index is 464. The first-order valence-electron chi connectivity index (χ1n) is 4.62. The zero-order valence-electron chi connectivity index (χ0n) is 8.66.